The molecule has 0 fully saturated rings. The van der Waals surface area contributed by atoms with Gasteiger partial charge in [-0.2, -0.15) is 0 Å². The van der Waals surface area contributed by atoms with Gasteiger partial charge in [0.25, 0.3) is 0 Å². The van der Waals surface area contributed by atoms with E-state index in [1.165, 1.54) is 11.1 Å². The molecule has 58 heavy (non-hydrogen) atoms. The highest BCUT2D eigenvalue weighted by Gasteiger charge is 2.24. The number of nitrogens with zero attached hydrogens (tertiary/aromatic N) is 4. The van der Waals surface area contributed by atoms with Gasteiger partial charge in [-0.05, 0) is 104 Å². The van der Waals surface area contributed by atoms with Crippen LogP contribution in [0.5, 0.6) is 0 Å². The van der Waals surface area contributed by atoms with E-state index in [1.807, 2.05) is 0 Å². The van der Waals surface area contributed by atoms with Crippen LogP contribution in [0.4, 0.5) is 11.6 Å². The van der Waals surface area contributed by atoms with E-state index in [9.17, 15) is 0 Å². The van der Waals surface area contributed by atoms with Gasteiger partial charge in [0.2, 0.25) is 0 Å². The molecule has 0 saturated carbocycles. The number of hydrogen-bond donors (Lipinski definition) is 1. The van der Waals surface area contributed by atoms with E-state index in [4.69, 9.17) is 15.0 Å². The molecule has 8 aromatic rings. The first-order valence-electron chi connectivity index (χ1n) is 20.3. The van der Waals surface area contributed by atoms with Crippen LogP contribution in [0, 0.1) is 0 Å². The van der Waals surface area contributed by atoms with Crippen molar-refractivity contribution in [2.24, 2.45) is 0 Å². The lowest BCUT2D eigenvalue weighted by Gasteiger charge is -2.23. The molecule has 0 saturated heterocycles. The van der Waals surface area contributed by atoms with E-state index in [-0.39, 0.29) is 16.2 Å². The monoisotopic (exact) mass is 759 g/mol. The smallest absolute Gasteiger partial charge is 0.164 e. The maximum Gasteiger partial charge on any atom is 0.164 e. The SMILES string of the molecule is CC(C)(C)c1cccc(-c2cc(-c3ccccc3)cc(Nc3cc(C(C)(C)C)cc(-c4nc5ccccc5n4-c4ccc(C(C)(C)C)cc4-c4ccccc4)n3)n2)c1. The number of para-hydroxylation sites is 2. The predicted molar refractivity (Wildman–Crippen MR) is 244 cm³/mol. The molecule has 3 aromatic heterocycles. The van der Waals surface area contributed by atoms with E-state index in [0.29, 0.717) is 5.82 Å². The molecule has 5 nitrogen and oxygen atoms in total. The zero-order chi connectivity index (χ0) is 40.8. The Morgan fingerprint density at radius 1 is 0.414 bits per heavy atom. The Morgan fingerprint density at radius 2 is 1.00 bits per heavy atom. The molecule has 0 aliphatic heterocycles. The molecule has 1 N–H and O–H groups in total. The molecule has 3 heterocycles. The van der Waals surface area contributed by atoms with Gasteiger partial charge in [0, 0.05) is 11.1 Å². The number of rotatable bonds is 7. The number of hydrogen-bond acceptors (Lipinski definition) is 4. The number of anilines is 2. The highest BCUT2D eigenvalue weighted by atomic mass is 15.1. The summed E-state index contributed by atoms with van der Waals surface area (Å²) in [4.78, 5) is 15.9. The molecule has 0 aliphatic rings. The van der Waals surface area contributed by atoms with Crippen molar-refractivity contribution in [3.05, 3.63) is 168 Å². The summed E-state index contributed by atoms with van der Waals surface area (Å²) in [6.45, 7) is 20.3. The summed E-state index contributed by atoms with van der Waals surface area (Å²) >= 11 is 0. The molecular weight excluding hydrogens is 707 g/mol. The van der Waals surface area contributed by atoms with Gasteiger partial charge in [0.05, 0.1) is 22.4 Å². The Hall–Kier alpha value is -6.33. The molecule has 0 bridgehead atoms. The summed E-state index contributed by atoms with van der Waals surface area (Å²) in [5.41, 5.74) is 13.7. The summed E-state index contributed by atoms with van der Waals surface area (Å²) in [5, 5.41) is 3.69. The van der Waals surface area contributed by atoms with Crippen LogP contribution in [-0.4, -0.2) is 19.5 Å². The van der Waals surface area contributed by atoms with E-state index < -0.39 is 0 Å². The van der Waals surface area contributed by atoms with Gasteiger partial charge in [0.15, 0.2) is 5.82 Å². The fraction of sp³-hybridized carbons (Fsp3) is 0.226. The molecule has 0 radical (unpaired) electrons. The minimum Gasteiger partial charge on any atom is -0.325 e. The van der Waals surface area contributed by atoms with Crippen LogP contribution in [0.2, 0.25) is 0 Å². The van der Waals surface area contributed by atoms with Gasteiger partial charge in [-0.15, -0.1) is 0 Å². The van der Waals surface area contributed by atoms with Gasteiger partial charge in [0.1, 0.15) is 17.3 Å². The maximum absolute atomic E-state index is 5.37. The van der Waals surface area contributed by atoms with Crippen molar-refractivity contribution >= 4 is 22.7 Å². The number of benzene rings is 5. The fourth-order valence-electron chi connectivity index (χ4n) is 7.45. The second-order valence-electron chi connectivity index (χ2n) is 18.4. The minimum atomic E-state index is -0.174. The van der Waals surface area contributed by atoms with Gasteiger partial charge in [-0.1, -0.05) is 159 Å². The first kappa shape index (κ1) is 38.5. The van der Waals surface area contributed by atoms with E-state index in [2.05, 4.69) is 224 Å². The molecule has 0 aliphatic carbocycles. The largest absolute Gasteiger partial charge is 0.325 e. The van der Waals surface area contributed by atoms with Gasteiger partial charge in [-0.3, -0.25) is 4.57 Å². The Morgan fingerprint density at radius 3 is 1.69 bits per heavy atom. The van der Waals surface area contributed by atoms with Gasteiger partial charge in [-0.25, -0.2) is 15.0 Å². The van der Waals surface area contributed by atoms with Crippen molar-refractivity contribution in [3.8, 4) is 50.7 Å². The van der Waals surface area contributed by atoms with E-state index in [0.717, 1.165) is 73.1 Å². The van der Waals surface area contributed by atoms with Crippen molar-refractivity contribution in [1.82, 2.24) is 19.5 Å². The van der Waals surface area contributed by atoms with Crippen molar-refractivity contribution < 1.29 is 0 Å². The molecular formula is C53H53N5. The Bertz CT molecular complexity index is 2740. The third-order valence-corrected chi connectivity index (χ3v) is 10.9. The van der Waals surface area contributed by atoms with E-state index in [1.54, 1.807) is 0 Å². The number of fused-ring (bicyclic) bond motifs is 1. The van der Waals surface area contributed by atoms with Crippen LogP contribution in [-0.2, 0) is 16.2 Å². The number of pyridine rings is 2. The van der Waals surface area contributed by atoms with Crippen LogP contribution in [0.15, 0.2) is 152 Å². The van der Waals surface area contributed by atoms with Crippen molar-refractivity contribution in [3.63, 3.8) is 0 Å². The standard InChI is InChI=1S/C53H53N5/c1-51(2,3)39-24-18-23-37(29-39)44-30-38(35-19-12-10-13-20-35)31-48(54-44)57-49-34-41(53(7,8)9)33-45(55-49)50-56-43-25-16-17-26-47(43)58(50)46-28-27-40(52(4,5)6)32-42(46)36-21-14-11-15-22-36/h10-34H,1-9H3,(H,54,55,57). The maximum atomic E-state index is 5.37. The summed E-state index contributed by atoms with van der Waals surface area (Å²) in [5.74, 6) is 2.21. The van der Waals surface area contributed by atoms with Crippen LogP contribution in [0.25, 0.3) is 61.8 Å². The zero-order valence-electron chi connectivity index (χ0n) is 35.2. The van der Waals surface area contributed by atoms with E-state index >= 15 is 0 Å². The normalized spacial score (nSPS) is 12.2. The number of imidazole rings is 1. The van der Waals surface area contributed by atoms with Gasteiger partial charge >= 0.3 is 0 Å². The third kappa shape index (κ3) is 7.95. The molecule has 0 unspecified atom stereocenters. The van der Waals surface area contributed by atoms with Gasteiger partial charge < -0.3 is 5.32 Å². The third-order valence-electron chi connectivity index (χ3n) is 10.9. The molecule has 0 atom stereocenters. The lowest BCUT2D eigenvalue weighted by molar-refractivity contribution is 0.589. The average molecular weight is 760 g/mol. The summed E-state index contributed by atoms with van der Waals surface area (Å²) < 4.78 is 2.29. The first-order chi connectivity index (χ1) is 27.6. The Kier molecular flexibility index (Phi) is 9.88. The van der Waals surface area contributed by atoms with Crippen molar-refractivity contribution in [2.45, 2.75) is 78.6 Å². The van der Waals surface area contributed by atoms with Crippen LogP contribution in [0.1, 0.15) is 79.0 Å². The molecule has 290 valence electrons. The lowest BCUT2D eigenvalue weighted by atomic mass is 9.85. The minimum absolute atomic E-state index is 0.00877. The van der Waals surface area contributed by atoms with Crippen LogP contribution < -0.4 is 5.32 Å². The highest BCUT2D eigenvalue weighted by molar-refractivity contribution is 5.87. The Balaban J connectivity index is 1.32. The topological polar surface area (TPSA) is 55.6 Å². The summed E-state index contributed by atoms with van der Waals surface area (Å²) in [6, 6.07) is 53.8. The Labute approximate surface area is 343 Å². The molecule has 0 amide bonds. The van der Waals surface area contributed by atoms with Crippen LogP contribution >= 0.6 is 0 Å². The molecule has 5 heteroatoms. The second-order valence-corrected chi connectivity index (χ2v) is 18.4. The molecule has 8 rings (SSSR count). The molecule has 5 aromatic carbocycles. The quantitative estimate of drug-likeness (QED) is 0.176. The lowest BCUT2D eigenvalue weighted by Crippen LogP contribution is -2.14. The molecule has 0 spiro atoms. The average Bonchev–Trinajstić information content (AvgIpc) is 3.60. The van der Waals surface area contributed by atoms with Crippen molar-refractivity contribution in [1.29, 1.82) is 0 Å². The zero-order valence-corrected chi connectivity index (χ0v) is 35.2. The van der Waals surface area contributed by atoms with Crippen molar-refractivity contribution in [2.75, 3.05) is 5.32 Å². The number of aromatic nitrogens is 4. The highest BCUT2D eigenvalue weighted by Crippen LogP contribution is 2.39. The first-order valence-corrected chi connectivity index (χ1v) is 20.3. The predicted octanol–water partition coefficient (Wildman–Crippen LogP) is 14.1. The summed E-state index contributed by atoms with van der Waals surface area (Å²) in [6.07, 6.45) is 0. The number of nitrogens with one attached hydrogen (secondary N) is 1. The second kappa shape index (κ2) is 14.9. The van der Waals surface area contributed by atoms with Crippen LogP contribution in [0.3, 0.4) is 0 Å². The summed E-state index contributed by atoms with van der Waals surface area (Å²) in [7, 11) is 0. The fourth-order valence-corrected chi connectivity index (χ4v) is 7.45.